The number of hydrogen-bond acceptors (Lipinski definition) is 4. The maximum atomic E-state index is 11.9. The Bertz CT molecular complexity index is 336. The van der Waals surface area contributed by atoms with Crippen LogP contribution in [0.3, 0.4) is 0 Å². The van der Waals surface area contributed by atoms with Crippen molar-refractivity contribution in [2.75, 3.05) is 19.0 Å². The van der Waals surface area contributed by atoms with Gasteiger partial charge in [-0.05, 0) is 18.6 Å². The summed E-state index contributed by atoms with van der Waals surface area (Å²) in [7, 11) is 1.80. The van der Waals surface area contributed by atoms with E-state index in [0.29, 0.717) is 11.4 Å². The molecule has 5 nitrogen and oxygen atoms in total. The van der Waals surface area contributed by atoms with Gasteiger partial charge in [-0.25, -0.2) is 10.8 Å². The summed E-state index contributed by atoms with van der Waals surface area (Å²) in [6.45, 7) is 2.87. The normalized spacial score (nSPS) is 9.94. The molecule has 0 unspecified atom stereocenters. The van der Waals surface area contributed by atoms with Gasteiger partial charge in [0.2, 0.25) is 0 Å². The lowest BCUT2D eigenvalue weighted by Crippen LogP contribution is -2.27. The van der Waals surface area contributed by atoms with Gasteiger partial charge in [-0.2, -0.15) is 0 Å². The number of amides is 1. The van der Waals surface area contributed by atoms with Crippen LogP contribution < -0.4 is 11.3 Å². The van der Waals surface area contributed by atoms with E-state index in [1.54, 1.807) is 24.1 Å². The highest BCUT2D eigenvalue weighted by molar-refractivity contribution is 5.93. The Morgan fingerprint density at radius 3 is 2.81 bits per heavy atom. The highest BCUT2D eigenvalue weighted by Gasteiger charge is 2.10. The summed E-state index contributed by atoms with van der Waals surface area (Å²) in [5, 5.41) is 0. The van der Waals surface area contributed by atoms with Gasteiger partial charge in [-0.3, -0.25) is 4.79 Å². The van der Waals surface area contributed by atoms with Crippen molar-refractivity contribution in [3.8, 4) is 0 Å². The van der Waals surface area contributed by atoms with Crippen molar-refractivity contribution in [1.29, 1.82) is 0 Å². The van der Waals surface area contributed by atoms with Gasteiger partial charge in [0.05, 0.1) is 5.56 Å². The SMILES string of the molecule is CCCCN(C)C(=O)c1ccc(NN)nc1. The number of nitrogen functional groups attached to an aromatic ring is 1. The number of nitrogens with one attached hydrogen (secondary N) is 1. The Kier molecular flexibility index (Phi) is 4.72. The number of rotatable bonds is 5. The van der Waals surface area contributed by atoms with Crippen LogP contribution in [0.4, 0.5) is 5.82 Å². The number of unbranched alkanes of at least 4 members (excludes halogenated alkanes) is 1. The highest BCUT2D eigenvalue weighted by Crippen LogP contribution is 2.06. The minimum absolute atomic E-state index is 0.00970. The molecule has 0 aromatic carbocycles. The summed E-state index contributed by atoms with van der Waals surface area (Å²) >= 11 is 0. The van der Waals surface area contributed by atoms with Crippen molar-refractivity contribution in [2.24, 2.45) is 5.84 Å². The van der Waals surface area contributed by atoms with Crippen LogP contribution in [-0.4, -0.2) is 29.4 Å². The van der Waals surface area contributed by atoms with Crippen molar-refractivity contribution in [3.05, 3.63) is 23.9 Å². The third-order valence-corrected chi connectivity index (χ3v) is 2.35. The molecule has 1 rings (SSSR count). The standard InChI is InChI=1S/C11H18N4O/c1-3-4-7-15(2)11(16)9-5-6-10(14-12)13-8-9/h5-6,8H,3-4,7,12H2,1-2H3,(H,13,14). The summed E-state index contributed by atoms with van der Waals surface area (Å²) in [4.78, 5) is 17.6. The van der Waals surface area contributed by atoms with Crippen molar-refractivity contribution in [1.82, 2.24) is 9.88 Å². The number of carbonyl (C=O) groups excluding carboxylic acids is 1. The topological polar surface area (TPSA) is 71.2 Å². The lowest BCUT2D eigenvalue weighted by atomic mass is 10.2. The van der Waals surface area contributed by atoms with E-state index in [1.165, 1.54) is 6.20 Å². The Morgan fingerprint density at radius 2 is 2.31 bits per heavy atom. The Morgan fingerprint density at radius 1 is 1.56 bits per heavy atom. The van der Waals surface area contributed by atoms with Crippen molar-refractivity contribution in [2.45, 2.75) is 19.8 Å². The molecule has 0 saturated heterocycles. The van der Waals surface area contributed by atoms with E-state index in [0.717, 1.165) is 19.4 Å². The van der Waals surface area contributed by atoms with Gasteiger partial charge >= 0.3 is 0 Å². The fraction of sp³-hybridized carbons (Fsp3) is 0.455. The van der Waals surface area contributed by atoms with Crippen LogP contribution >= 0.6 is 0 Å². The largest absolute Gasteiger partial charge is 0.342 e. The molecule has 1 aromatic heterocycles. The molecule has 5 heteroatoms. The second-order valence-electron chi connectivity index (χ2n) is 3.66. The summed E-state index contributed by atoms with van der Waals surface area (Å²) < 4.78 is 0. The zero-order chi connectivity index (χ0) is 12.0. The molecule has 16 heavy (non-hydrogen) atoms. The number of nitrogens with two attached hydrogens (primary N) is 1. The summed E-state index contributed by atoms with van der Waals surface area (Å²) in [5.41, 5.74) is 3.00. The molecule has 0 aliphatic carbocycles. The van der Waals surface area contributed by atoms with Gasteiger partial charge in [0.1, 0.15) is 5.82 Å². The van der Waals surface area contributed by atoms with Gasteiger partial charge in [0, 0.05) is 19.8 Å². The number of anilines is 1. The number of pyridine rings is 1. The lowest BCUT2D eigenvalue weighted by molar-refractivity contribution is 0.0793. The second-order valence-corrected chi connectivity index (χ2v) is 3.66. The Hall–Kier alpha value is -1.62. The van der Waals surface area contributed by atoms with Crippen LogP contribution in [0.5, 0.6) is 0 Å². The smallest absolute Gasteiger partial charge is 0.255 e. The molecule has 3 N–H and O–H groups in total. The fourth-order valence-electron chi connectivity index (χ4n) is 1.32. The van der Waals surface area contributed by atoms with Crippen LogP contribution in [0.2, 0.25) is 0 Å². The van der Waals surface area contributed by atoms with Crippen molar-refractivity contribution >= 4 is 11.7 Å². The number of carbonyl (C=O) groups is 1. The predicted molar refractivity (Wildman–Crippen MR) is 63.9 cm³/mol. The molecule has 0 radical (unpaired) electrons. The van der Waals surface area contributed by atoms with E-state index in [-0.39, 0.29) is 5.91 Å². The monoisotopic (exact) mass is 222 g/mol. The van der Waals surface area contributed by atoms with Gasteiger partial charge in [-0.15, -0.1) is 0 Å². The molecule has 0 atom stereocenters. The first-order chi connectivity index (χ1) is 7.69. The first-order valence-corrected chi connectivity index (χ1v) is 5.37. The average molecular weight is 222 g/mol. The number of aromatic nitrogens is 1. The van der Waals surface area contributed by atoms with Gasteiger partial charge in [0.25, 0.3) is 5.91 Å². The van der Waals surface area contributed by atoms with Crippen molar-refractivity contribution < 1.29 is 4.79 Å². The first-order valence-electron chi connectivity index (χ1n) is 5.37. The van der Waals surface area contributed by atoms with Gasteiger partial charge in [0.15, 0.2) is 0 Å². The van der Waals surface area contributed by atoms with Gasteiger partial charge < -0.3 is 10.3 Å². The molecular formula is C11H18N4O. The van der Waals surface area contributed by atoms with Crippen molar-refractivity contribution in [3.63, 3.8) is 0 Å². The number of nitrogens with zero attached hydrogens (tertiary/aromatic N) is 2. The molecule has 0 fully saturated rings. The minimum atomic E-state index is -0.00970. The van der Waals surface area contributed by atoms with E-state index in [4.69, 9.17) is 5.84 Å². The average Bonchev–Trinajstić information content (AvgIpc) is 2.35. The molecule has 88 valence electrons. The maximum absolute atomic E-state index is 11.9. The third-order valence-electron chi connectivity index (χ3n) is 2.35. The molecule has 0 aliphatic rings. The summed E-state index contributed by atoms with van der Waals surface area (Å²) in [6, 6.07) is 3.40. The highest BCUT2D eigenvalue weighted by atomic mass is 16.2. The maximum Gasteiger partial charge on any atom is 0.255 e. The van der Waals surface area contributed by atoms with E-state index >= 15 is 0 Å². The van der Waals surface area contributed by atoms with E-state index in [2.05, 4.69) is 17.3 Å². The molecule has 0 aliphatic heterocycles. The fourth-order valence-corrected chi connectivity index (χ4v) is 1.32. The molecule has 1 aromatic rings. The molecule has 1 heterocycles. The first kappa shape index (κ1) is 12.4. The molecular weight excluding hydrogens is 204 g/mol. The van der Waals surface area contributed by atoms with Gasteiger partial charge in [-0.1, -0.05) is 13.3 Å². The zero-order valence-corrected chi connectivity index (χ0v) is 9.73. The lowest BCUT2D eigenvalue weighted by Gasteiger charge is -2.16. The van der Waals surface area contributed by atoms with Crippen LogP contribution in [-0.2, 0) is 0 Å². The Balaban J connectivity index is 2.64. The van der Waals surface area contributed by atoms with Crippen LogP contribution in [0.25, 0.3) is 0 Å². The minimum Gasteiger partial charge on any atom is -0.342 e. The molecule has 0 bridgehead atoms. The van der Waals surface area contributed by atoms with Crippen LogP contribution in [0.15, 0.2) is 18.3 Å². The van der Waals surface area contributed by atoms with Crippen LogP contribution in [0.1, 0.15) is 30.1 Å². The Labute approximate surface area is 95.6 Å². The van der Waals surface area contributed by atoms with E-state index in [9.17, 15) is 4.79 Å². The molecule has 0 saturated carbocycles. The summed E-state index contributed by atoms with van der Waals surface area (Å²) in [5.74, 6) is 5.73. The quantitative estimate of drug-likeness (QED) is 0.581. The van der Waals surface area contributed by atoms with Crippen LogP contribution in [0, 0.1) is 0 Å². The molecule has 1 amide bonds. The van der Waals surface area contributed by atoms with E-state index in [1.807, 2.05) is 0 Å². The summed E-state index contributed by atoms with van der Waals surface area (Å²) in [6.07, 6.45) is 3.62. The number of hydrogen-bond donors (Lipinski definition) is 2. The van der Waals surface area contributed by atoms with E-state index < -0.39 is 0 Å². The zero-order valence-electron chi connectivity index (χ0n) is 9.73. The third kappa shape index (κ3) is 3.20. The predicted octanol–water partition coefficient (Wildman–Crippen LogP) is 1.24. The number of hydrazine groups is 1. The second kappa shape index (κ2) is 6.07. The molecule has 0 spiro atoms.